The molecule has 0 atom stereocenters. The quantitative estimate of drug-likeness (QED) is 0.383. The van der Waals surface area contributed by atoms with E-state index >= 15 is 0 Å². The fraction of sp³-hybridized carbons (Fsp3) is 0.438. The van der Waals surface area contributed by atoms with E-state index in [0.717, 1.165) is 0 Å². The van der Waals surface area contributed by atoms with Gasteiger partial charge in [-0.25, -0.2) is 0 Å². The minimum atomic E-state index is 1.42. The van der Waals surface area contributed by atoms with Crippen molar-refractivity contribution in [2.75, 3.05) is 0 Å². The van der Waals surface area contributed by atoms with Gasteiger partial charge >= 0.3 is 0 Å². The van der Waals surface area contributed by atoms with Crippen LogP contribution in [0.1, 0.15) is 77.9 Å². The summed E-state index contributed by atoms with van der Waals surface area (Å²) in [4.78, 5) is 0. The van der Waals surface area contributed by atoms with Crippen LogP contribution < -0.4 is 0 Å². The van der Waals surface area contributed by atoms with Crippen LogP contribution in [0.4, 0.5) is 0 Å². The molecule has 0 spiro atoms. The fourth-order valence-electron chi connectivity index (χ4n) is 5.84. The Balaban J connectivity index is 2.59. The summed E-state index contributed by atoms with van der Waals surface area (Å²) in [5.74, 6) is 0. The van der Waals surface area contributed by atoms with Crippen molar-refractivity contribution in [2.45, 2.75) is 96.9 Å². The SMILES string of the molecule is Cc1c(C)c(C)c(-c2c(C)c(C)c(C)c(-c3c(C)c(C)c(C)c(C)c3C)c2C)c(C)c1C. The molecule has 3 aromatic carbocycles. The Kier molecular flexibility index (Phi) is 6.24. The lowest BCUT2D eigenvalue weighted by Crippen LogP contribution is -2.07. The second kappa shape index (κ2) is 8.22. The maximum absolute atomic E-state index is 2.36. The van der Waals surface area contributed by atoms with Crippen LogP contribution in [0.25, 0.3) is 22.3 Å². The highest BCUT2D eigenvalue weighted by atomic mass is 14.3. The summed E-state index contributed by atoms with van der Waals surface area (Å²) in [5, 5.41) is 0. The van der Waals surface area contributed by atoms with Crippen molar-refractivity contribution in [3.63, 3.8) is 0 Å². The maximum Gasteiger partial charge on any atom is -0.0111 e. The second-order valence-corrected chi connectivity index (χ2v) is 10.2. The lowest BCUT2D eigenvalue weighted by molar-refractivity contribution is 1.15. The van der Waals surface area contributed by atoms with Crippen molar-refractivity contribution in [3.8, 4) is 22.3 Å². The van der Waals surface area contributed by atoms with E-state index in [-0.39, 0.29) is 0 Å². The van der Waals surface area contributed by atoms with Crippen molar-refractivity contribution >= 4 is 0 Å². The van der Waals surface area contributed by atoms with Gasteiger partial charge in [-0.3, -0.25) is 0 Å². The van der Waals surface area contributed by atoms with Gasteiger partial charge in [0, 0.05) is 0 Å². The third-order valence-corrected chi connectivity index (χ3v) is 9.12. The van der Waals surface area contributed by atoms with Gasteiger partial charge in [-0.05, 0) is 197 Å². The molecule has 3 rings (SSSR count). The lowest BCUT2D eigenvalue weighted by Gasteiger charge is -2.28. The highest BCUT2D eigenvalue weighted by molar-refractivity contribution is 5.90. The van der Waals surface area contributed by atoms with Crippen LogP contribution in [0.15, 0.2) is 0 Å². The van der Waals surface area contributed by atoms with Gasteiger partial charge in [-0.1, -0.05) is 0 Å². The van der Waals surface area contributed by atoms with Crippen LogP contribution >= 0.6 is 0 Å². The zero-order chi connectivity index (χ0) is 24.4. The number of hydrogen-bond acceptors (Lipinski definition) is 0. The van der Waals surface area contributed by atoms with E-state index in [2.05, 4.69) is 96.9 Å². The Hall–Kier alpha value is -2.34. The molecule has 3 aromatic rings. The zero-order valence-electron chi connectivity index (χ0n) is 23.0. The van der Waals surface area contributed by atoms with Crippen LogP contribution in [0.3, 0.4) is 0 Å². The molecule has 0 aliphatic heterocycles. The fourth-order valence-corrected chi connectivity index (χ4v) is 5.84. The van der Waals surface area contributed by atoms with Crippen LogP contribution in [0.5, 0.6) is 0 Å². The second-order valence-electron chi connectivity index (χ2n) is 10.2. The first-order valence-electron chi connectivity index (χ1n) is 12.0. The van der Waals surface area contributed by atoms with E-state index in [4.69, 9.17) is 0 Å². The molecule has 0 bridgehead atoms. The molecule has 0 amide bonds. The molecule has 0 N–H and O–H groups in total. The van der Waals surface area contributed by atoms with Crippen molar-refractivity contribution in [3.05, 3.63) is 77.9 Å². The van der Waals surface area contributed by atoms with Crippen LogP contribution in [-0.2, 0) is 0 Å². The molecular weight excluding hydrogens is 384 g/mol. The van der Waals surface area contributed by atoms with Crippen LogP contribution in [-0.4, -0.2) is 0 Å². The molecule has 0 radical (unpaired) electrons. The molecule has 0 heteroatoms. The standard InChI is InChI=1S/C32H42/c1-15-17(3)22(8)29(23(9)18(15)4)31-26(12)21(7)27(13)32(28(31)14)30-24(10)19(5)16(2)20(6)25(30)11/h1-14H3. The normalized spacial score (nSPS) is 11.4. The van der Waals surface area contributed by atoms with Gasteiger partial charge in [0.1, 0.15) is 0 Å². The first kappa shape index (κ1) is 24.3. The number of benzene rings is 3. The van der Waals surface area contributed by atoms with E-state index in [1.807, 2.05) is 0 Å². The third kappa shape index (κ3) is 3.26. The summed E-state index contributed by atoms with van der Waals surface area (Å²) >= 11 is 0. The van der Waals surface area contributed by atoms with E-state index in [1.165, 1.54) is 100 Å². The smallest absolute Gasteiger partial charge is 0.0111 e. The highest BCUT2D eigenvalue weighted by Crippen LogP contribution is 2.46. The molecule has 0 saturated carbocycles. The van der Waals surface area contributed by atoms with Gasteiger partial charge in [0.2, 0.25) is 0 Å². The van der Waals surface area contributed by atoms with Crippen molar-refractivity contribution in [1.82, 2.24) is 0 Å². The van der Waals surface area contributed by atoms with Crippen LogP contribution in [0, 0.1) is 96.9 Å². The molecule has 0 aromatic heterocycles. The zero-order valence-corrected chi connectivity index (χ0v) is 23.0. The largest absolute Gasteiger partial charge is 0.0447 e. The molecule has 0 aliphatic carbocycles. The Morgan fingerprint density at radius 2 is 0.281 bits per heavy atom. The van der Waals surface area contributed by atoms with Gasteiger partial charge in [0.15, 0.2) is 0 Å². The first-order valence-corrected chi connectivity index (χ1v) is 12.0. The average molecular weight is 427 g/mol. The van der Waals surface area contributed by atoms with E-state index in [1.54, 1.807) is 0 Å². The Morgan fingerprint density at radius 1 is 0.156 bits per heavy atom. The summed E-state index contributed by atoms with van der Waals surface area (Å²) in [5.41, 5.74) is 25.7. The first-order chi connectivity index (χ1) is 14.7. The predicted molar refractivity (Wildman–Crippen MR) is 144 cm³/mol. The lowest BCUT2D eigenvalue weighted by atomic mass is 9.76. The molecule has 0 heterocycles. The molecular formula is C32H42. The van der Waals surface area contributed by atoms with Crippen molar-refractivity contribution in [2.24, 2.45) is 0 Å². The van der Waals surface area contributed by atoms with E-state index < -0.39 is 0 Å². The summed E-state index contributed by atoms with van der Waals surface area (Å²) in [6.45, 7) is 32.3. The number of hydrogen-bond donors (Lipinski definition) is 0. The average Bonchev–Trinajstić information content (AvgIpc) is 2.76. The maximum atomic E-state index is 2.36. The molecule has 0 aliphatic rings. The monoisotopic (exact) mass is 426 g/mol. The Bertz CT molecular complexity index is 1120. The summed E-state index contributed by atoms with van der Waals surface area (Å²) in [6, 6.07) is 0. The van der Waals surface area contributed by atoms with Gasteiger partial charge in [-0.2, -0.15) is 0 Å². The molecule has 170 valence electrons. The highest BCUT2D eigenvalue weighted by Gasteiger charge is 2.24. The van der Waals surface area contributed by atoms with E-state index in [9.17, 15) is 0 Å². The van der Waals surface area contributed by atoms with Crippen molar-refractivity contribution in [1.29, 1.82) is 0 Å². The van der Waals surface area contributed by atoms with Gasteiger partial charge in [0.25, 0.3) is 0 Å². The molecule has 0 fully saturated rings. The number of rotatable bonds is 2. The van der Waals surface area contributed by atoms with Crippen molar-refractivity contribution < 1.29 is 0 Å². The summed E-state index contributed by atoms with van der Waals surface area (Å²) < 4.78 is 0. The minimum Gasteiger partial charge on any atom is -0.0447 e. The van der Waals surface area contributed by atoms with E-state index in [0.29, 0.717) is 0 Å². The van der Waals surface area contributed by atoms with Gasteiger partial charge in [0.05, 0.1) is 0 Å². The van der Waals surface area contributed by atoms with Crippen LogP contribution in [0.2, 0.25) is 0 Å². The Labute approximate surface area is 197 Å². The summed E-state index contributed by atoms with van der Waals surface area (Å²) in [6.07, 6.45) is 0. The third-order valence-electron chi connectivity index (χ3n) is 9.12. The predicted octanol–water partition coefficient (Wildman–Crippen LogP) is 9.34. The molecule has 32 heavy (non-hydrogen) atoms. The topological polar surface area (TPSA) is 0 Å². The van der Waals surface area contributed by atoms with Gasteiger partial charge < -0.3 is 0 Å². The van der Waals surface area contributed by atoms with Gasteiger partial charge in [-0.15, -0.1) is 0 Å². The minimum absolute atomic E-state index is 1.42. The summed E-state index contributed by atoms with van der Waals surface area (Å²) in [7, 11) is 0. The molecule has 0 saturated heterocycles. The Morgan fingerprint density at radius 3 is 0.500 bits per heavy atom. The molecule has 0 unspecified atom stereocenters. The molecule has 0 nitrogen and oxygen atoms in total.